The highest BCUT2D eigenvalue weighted by atomic mass is 16.5. The third-order valence-electron chi connectivity index (χ3n) is 5.17. The highest BCUT2D eigenvalue weighted by molar-refractivity contribution is 5.98. The summed E-state index contributed by atoms with van der Waals surface area (Å²) in [6.07, 6.45) is 6.58. The lowest BCUT2D eigenvalue weighted by molar-refractivity contribution is -0.137. The van der Waals surface area contributed by atoms with E-state index in [4.69, 9.17) is 4.74 Å². The molecule has 6 nitrogen and oxygen atoms in total. The first kappa shape index (κ1) is 18.3. The Morgan fingerprint density at radius 1 is 1.27 bits per heavy atom. The van der Waals surface area contributed by atoms with Gasteiger partial charge in [0.15, 0.2) is 0 Å². The van der Waals surface area contributed by atoms with Crippen LogP contribution in [0.4, 0.5) is 0 Å². The normalized spacial score (nSPS) is 16.3. The summed E-state index contributed by atoms with van der Waals surface area (Å²) in [5.41, 5.74) is 1.28. The Hall–Kier alpha value is -2.50. The van der Waals surface area contributed by atoms with E-state index in [2.05, 4.69) is 10.3 Å². The lowest BCUT2D eigenvalue weighted by atomic mass is 9.84. The molecule has 0 unspecified atom stereocenters. The van der Waals surface area contributed by atoms with Crippen LogP contribution in [-0.2, 0) is 4.79 Å². The van der Waals surface area contributed by atoms with Gasteiger partial charge in [0, 0.05) is 16.9 Å². The summed E-state index contributed by atoms with van der Waals surface area (Å²) >= 11 is 0. The maximum Gasteiger partial charge on any atom is 0.305 e. The molecule has 1 aliphatic carbocycles. The molecule has 2 aromatic rings. The molecule has 3 rings (SSSR count). The number of hydrogen-bond acceptors (Lipinski definition) is 3. The van der Waals surface area contributed by atoms with Crippen molar-refractivity contribution < 1.29 is 19.4 Å². The lowest BCUT2D eigenvalue weighted by Gasteiger charge is -2.26. The van der Waals surface area contributed by atoms with Crippen molar-refractivity contribution >= 4 is 22.8 Å². The van der Waals surface area contributed by atoms with E-state index in [1.807, 2.05) is 18.2 Å². The second-order valence-electron chi connectivity index (χ2n) is 7.14. The largest absolute Gasteiger partial charge is 0.497 e. The van der Waals surface area contributed by atoms with Crippen molar-refractivity contribution in [2.75, 3.05) is 7.11 Å². The van der Waals surface area contributed by atoms with E-state index in [9.17, 15) is 14.7 Å². The van der Waals surface area contributed by atoms with Gasteiger partial charge in [-0.05, 0) is 36.6 Å². The molecule has 1 fully saturated rings. The van der Waals surface area contributed by atoms with Gasteiger partial charge in [-0.15, -0.1) is 0 Å². The number of carboxylic acids is 1. The first-order chi connectivity index (χ1) is 12.5. The lowest BCUT2D eigenvalue weighted by Crippen LogP contribution is -2.38. The zero-order chi connectivity index (χ0) is 18.5. The molecule has 3 N–H and O–H groups in total. The number of carboxylic acid groups (broad SMARTS) is 1. The highest BCUT2D eigenvalue weighted by Gasteiger charge is 2.23. The average Bonchev–Trinajstić information content (AvgIpc) is 3.05. The molecule has 1 saturated carbocycles. The predicted molar refractivity (Wildman–Crippen MR) is 99.5 cm³/mol. The minimum Gasteiger partial charge on any atom is -0.497 e. The summed E-state index contributed by atoms with van der Waals surface area (Å²) in [5, 5.41) is 13.0. The molecule has 0 aliphatic heterocycles. The predicted octanol–water partition coefficient (Wildman–Crippen LogP) is 3.72. The van der Waals surface area contributed by atoms with Gasteiger partial charge in [-0.25, -0.2) is 0 Å². The van der Waals surface area contributed by atoms with Crippen molar-refractivity contribution in [3.8, 4) is 5.75 Å². The number of carbonyl (C=O) groups excluding carboxylic acids is 1. The molecular weight excluding hydrogens is 332 g/mol. The van der Waals surface area contributed by atoms with Gasteiger partial charge in [0.2, 0.25) is 0 Å². The summed E-state index contributed by atoms with van der Waals surface area (Å²) in [4.78, 5) is 26.9. The monoisotopic (exact) mass is 358 g/mol. The van der Waals surface area contributed by atoms with Crippen LogP contribution in [0.2, 0.25) is 0 Å². The Bertz CT molecular complexity index is 777. The van der Waals surface area contributed by atoms with E-state index in [0.717, 1.165) is 35.9 Å². The van der Waals surface area contributed by atoms with E-state index < -0.39 is 5.97 Å². The second-order valence-corrected chi connectivity index (χ2v) is 7.14. The molecule has 1 heterocycles. The number of aliphatic carboxylic acids is 1. The first-order valence-electron chi connectivity index (χ1n) is 9.24. The Balaban J connectivity index is 1.70. The van der Waals surface area contributed by atoms with Crippen LogP contribution in [0, 0.1) is 5.92 Å². The van der Waals surface area contributed by atoms with Crippen molar-refractivity contribution in [2.45, 2.75) is 51.0 Å². The number of amides is 1. The molecule has 0 radical (unpaired) electrons. The van der Waals surface area contributed by atoms with Gasteiger partial charge in [0.25, 0.3) is 5.91 Å². The van der Waals surface area contributed by atoms with Gasteiger partial charge in [-0.1, -0.05) is 32.1 Å². The van der Waals surface area contributed by atoms with Crippen molar-refractivity contribution in [2.24, 2.45) is 5.92 Å². The Labute approximate surface area is 152 Å². The smallest absolute Gasteiger partial charge is 0.305 e. The van der Waals surface area contributed by atoms with Crippen LogP contribution >= 0.6 is 0 Å². The summed E-state index contributed by atoms with van der Waals surface area (Å²) in [6, 6.07) is 6.98. The van der Waals surface area contributed by atoms with Gasteiger partial charge >= 0.3 is 5.97 Å². The fraction of sp³-hybridized carbons (Fsp3) is 0.500. The van der Waals surface area contributed by atoms with E-state index in [1.54, 1.807) is 13.2 Å². The van der Waals surface area contributed by atoms with Crippen LogP contribution in [0.5, 0.6) is 5.75 Å². The maximum atomic E-state index is 12.6. The molecule has 6 heteroatoms. The quantitative estimate of drug-likeness (QED) is 0.703. The number of hydrogen-bond donors (Lipinski definition) is 3. The van der Waals surface area contributed by atoms with Gasteiger partial charge in [-0.3, -0.25) is 9.59 Å². The van der Waals surface area contributed by atoms with Crippen LogP contribution in [-0.4, -0.2) is 35.1 Å². The van der Waals surface area contributed by atoms with E-state index >= 15 is 0 Å². The van der Waals surface area contributed by atoms with Gasteiger partial charge in [0.05, 0.1) is 13.5 Å². The third-order valence-corrected chi connectivity index (χ3v) is 5.17. The molecular formula is C20H26N2O4. The van der Waals surface area contributed by atoms with Crippen molar-refractivity contribution in [1.29, 1.82) is 0 Å². The molecule has 1 atom stereocenters. The van der Waals surface area contributed by atoms with Crippen molar-refractivity contribution in [3.63, 3.8) is 0 Å². The maximum absolute atomic E-state index is 12.6. The zero-order valence-electron chi connectivity index (χ0n) is 15.1. The zero-order valence-corrected chi connectivity index (χ0v) is 15.1. The van der Waals surface area contributed by atoms with Crippen LogP contribution < -0.4 is 10.1 Å². The summed E-state index contributed by atoms with van der Waals surface area (Å²) in [5.74, 6) is 0.0830. The van der Waals surface area contributed by atoms with Crippen LogP contribution in [0.25, 0.3) is 10.9 Å². The molecule has 0 bridgehead atoms. The van der Waals surface area contributed by atoms with Crippen LogP contribution in [0.1, 0.15) is 55.4 Å². The van der Waals surface area contributed by atoms with Crippen LogP contribution in [0.15, 0.2) is 24.3 Å². The number of ether oxygens (including phenoxy) is 1. The highest BCUT2D eigenvalue weighted by Crippen LogP contribution is 2.28. The third kappa shape index (κ3) is 4.56. The fourth-order valence-corrected chi connectivity index (χ4v) is 3.85. The average molecular weight is 358 g/mol. The summed E-state index contributed by atoms with van der Waals surface area (Å²) in [6.45, 7) is 0. The molecule has 1 aromatic carbocycles. The number of rotatable bonds is 7. The van der Waals surface area contributed by atoms with Crippen molar-refractivity contribution in [1.82, 2.24) is 10.3 Å². The van der Waals surface area contributed by atoms with Gasteiger partial charge < -0.3 is 20.1 Å². The Kier molecular flexibility index (Phi) is 5.81. The van der Waals surface area contributed by atoms with Crippen LogP contribution in [0.3, 0.4) is 0 Å². The SMILES string of the molecule is COc1ccc2[nH]c(C(=O)N[C@H](CC(=O)O)CC3CCCCC3)cc2c1. The fourth-order valence-electron chi connectivity index (χ4n) is 3.85. The number of nitrogens with one attached hydrogen (secondary N) is 2. The number of methoxy groups -OCH3 is 1. The van der Waals surface area contributed by atoms with E-state index in [-0.39, 0.29) is 18.4 Å². The number of aromatic amines is 1. The standard InChI is InChI=1S/C20H26N2O4/c1-26-16-7-8-17-14(10-16)11-18(22-17)20(25)21-15(12-19(23)24)9-13-5-3-2-4-6-13/h7-8,10-11,13,15,22H,2-6,9,12H2,1H3,(H,21,25)(H,23,24)/t15-/m0/s1. The van der Waals surface area contributed by atoms with Crippen molar-refractivity contribution in [3.05, 3.63) is 30.0 Å². The number of fused-ring (bicyclic) bond motifs is 1. The Morgan fingerprint density at radius 3 is 2.73 bits per heavy atom. The molecule has 26 heavy (non-hydrogen) atoms. The minimum atomic E-state index is -0.882. The van der Waals surface area contributed by atoms with Gasteiger partial charge in [-0.2, -0.15) is 0 Å². The molecule has 0 spiro atoms. The van der Waals surface area contributed by atoms with E-state index in [0.29, 0.717) is 11.6 Å². The Morgan fingerprint density at radius 2 is 2.04 bits per heavy atom. The topological polar surface area (TPSA) is 91.4 Å². The molecule has 1 aliphatic rings. The number of H-pyrrole nitrogens is 1. The number of aromatic nitrogens is 1. The second kappa shape index (κ2) is 8.25. The molecule has 0 saturated heterocycles. The summed E-state index contributed by atoms with van der Waals surface area (Å²) in [7, 11) is 1.60. The summed E-state index contributed by atoms with van der Waals surface area (Å²) < 4.78 is 5.21. The minimum absolute atomic E-state index is 0.0453. The van der Waals surface area contributed by atoms with Gasteiger partial charge in [0.1, 0.15) is 11.4 Å². The van der Waals surface area contributed by atoms with E-state index in [1.165, 1.54) is 19.3 Å². The number of benzene rings is 1. The molecule has 1 amide bonds. The number of carbonyl (C=O) groups is 2. The first-order valence-corrected chi connectivity index (χ1v) is 9.24. The molecule has 1 aromatic heterocycles. The molecule has 140 valence electrons.